The molecule has 202 valence electrons. The van der Waals surface area contributed by atoms with Crippen LogP contribution in [0.5, 0.6) is 5.75 Å². The van der Waals surface area contributed by atoms with Gasteiger partial charge in [-0.25, -0.2) is 8.78 Å². The van der Waals surface area contributed by atoms with Crippen molar-refractivity contribution in [3.05, 3.63) is 135 Å². The predicted molar refractivity (Wildman–Crippen MR) is 139 cm³/mol. The lowest BCUT2D eigenvalue weighted by atomic mass is 9.94. The largest absolute Gasteiger partial charge is 0.503 e. The molecule has 0 radical (unpaired) electrons. The summed E-state index contributed by atoms with van der Waals surface area (Å²) in [5.74, 6) is -3.97. The Morgan fingerprint density at radius 3 is 2.33 bits per heavy atom. The Bertz CT molecular complexity index is 1680. The number of nitrogens with zero attached hydrogens (tertiary/aromatic N) is 2. The van der Waals surface area contributed by atoms with Crippen LogP contribution in [0.15, 0.2) is 89.9 Å². The first-order valence-corrected chi connectivity index (χ1v) is 12.6. The number of pyridine rings is 1. The second-order valence-electron chi connectivity index (χ2n) is 9.63. The van der Waals surface area contributed by atoms with Gasteiger partial charge in [0.2, 0.25) is 5.43 Å². The molecule has 3 aromatic carbocycles. The van der Waals surface area contributed by atoms with Crippen LogP contribution in [0.1, 0.15) is 49.7 Å². The zero-order valence-electron chi connectivity index (χ0n) is 21.0. The summed E-state index contributed by atoms with van der Waals surface area (Å²) >= 11 is 0. The van der Waals surface area contributed by atoms with Gasteiger partial charge in [0.25, 0.3) is 11.8 Å². The zero-order chi connectivity index (χ0) is 28.0. The molecule has 2 amide bonds. The Balaban J connectivity index is 1.34. The summed E-state index contributed by atoms with van der Waals surface area (Å²) in [6.07, 6.45) is -0.0732. The Morgan fingerprint density at radius 1 is 0.975 bits per heavy atom. The van der Waals surface area contributed by atoms with Crippen molar-refractivity contribution in [3.8, 4) is 5.75 Å². The lowest BCUT2D eigenvalue weighted by molar-refractivity contribution is -0.0154. The highest BCUT2D eigenvalue weighted by Crippen LogP contribution is 2.47. The van der Waals surface area contributed by atoms with E-state index in [0.29, 0.717) is 6.07 Å². The summed E-state index contributed by atoms with van der Waals surface area (Å²) in [5, 5.41) is 13.3. The average Bonchev–Trinajstić information content (AvgIpc) is 3.35. The van der Waals surface area contributed by atoms with Crippen LogP contribution < -0.4 is 10.7 Å². The number of aromatic hydroxyl groups is 1. The number of amides is 2. The Morgan fingerprint density at radius 2 is 1.65 bits per heavy atom. The minimum Gasteiger partial charge on any atom is -0.503 e. The highest BCUT2D eigenvalue weighted by molar-refractivity contribution is 5.99. The van der Waals surface area contributed by atoms with Gasteiger partial charge in [0.1, 0.15) is 23.3 Å². The van der Waals surface area contributed by atoms with Crippen molar-refractivity contribution in [3.63, 3.8) is 0 Å². The fourth-order valence-corrected chi connectivity index (χ4v) is 5.32. The number of benzene rings is 3. The van der Waals surface area contributed by atoms with Crippen molar-refractivity contribution in [2.24, 2.45) is 0 Å². The molecule has 2 N–H and O–H groups in total. The molecule has 2 aliphatic rings. The molecule has 2 aliphatic heterocycles. The number of rotatable bonds is 5. The number of aromatic nitrogens is 1. The van der Waals surface area contributed by atoms with Crippen molar-refractivity contribution in [2.75, 3.05) is 0 Å². The molecule has 0 saturated carbocycles. The monoisotopic (exact) mass is 543 g/mol. The van der Waals surface area contributed by atoms with Crippen LogP contribution in [0, 0.1) is 11.6 Å². The van der Waals surface area contributed by atoms with Crippen LogP contribution in [0.2, 0.25) is 0 Å². The molecule has 0 bridgehead atoms. The van der Waals surface area contributed by atoms with Crippen LogP contribution in [0.3, 0.4) is 0 Å². The molecular formula is C30H23F2N3O5. The Hall–Kier alpha value is -4.83. The number of fused-ring (bicyclic) bond motifs is 2. The summed E-state index contributed by atoms with van der Waals surface area (Å²) in [6, 6.07) is 21.2. The van der Waals surface area contributed by atoms with Gasteiger partial charge in [0, 0.05) is 24.4 Å². The topological polar surface area (TPSA) is 101 Å². The van der Waals surface area contributed by atoms with E-state index in [2.05, 4.69) is 5.32 Å². The molecule has 1 saturated heterocycles. The number of ether oxygens (including phenoxy) is 1. The van der Waals surface area contributed by atoms with Crippen molar-refractivity contribution >= 4 is 11.8 Å². The molecule has 1 aromatic heterocycles. The molecule has 0 aliphatic carbocycles. The van der Waals surface area contributed by atoms with Crippen LogP contribution in [0.4, 0.5) is 8.78 Å². The molecule has 0 spiro atoms. The number of hydrogen-bond donors (Lipinski definition) is 2. The maximum atomic E-state index is 14.0. The first kappa shape index (κ1) is 25.4. The first-order valence-electron chi connectivity index (χ1n) is 12.6. The quantitative estimate of drug-likeness (QED) is 0.396. The standard InChI is InChI=1S/C30H23F2N3O5/c31-20-12-11-19(22(32)13-20)14-33-29(38)21-15-34-16-23-35(30(39)25(34)27(37)26(21)36)24(17-7-3-1-4-8-17)28(40-23)18-9-5-2-6-10-18/h1-13,15,23-24,28,37H,14,16H2,(H,33,38)/t23-,24+,28+/m1/s1. The van der Waals surface area contributed by atoms with E-state index in [1.54, 1.807) is 0 Å². The summed E-state index contributed by atoms with van der Waals surface area (Å²) < 4.78 is 34.9. The zero-order valence-corrected chi connectivity index (χ0v) is 21.0. The van der Waals surface area contributed by atoms with Crippen molar-refractivity contribution in [1.82, 2.24) is 14.8 Å². The van der Waals surface area contributed by atoms with Gasteiger partial charge < -0.3 is 19.7 Å². The van der Waals surface area contributed by atoms with Crippen molar-refractivity contribution < 1.29 is 28.2 Å². The van der Waals surface area contributed by atoms with Gasteiger partial charge in [-0.1, -0.05) is 66.7 Å². The number of hydrogen-bond acceptors (Lipinski definition) is 5. The molecule has 40 heavy (non-hydrogen) atoms. The second-order valence-corrected chi connectivity index (χ2v) is 9.63. The van der Waals surface area contributed by atoms with E-state index in [1.807, 2.05) is 60.7 Å². The first-order chi connectivity index (χ1) is 19.3. The van der Waals surface area contributed by atoms with Gasteiger partial charge in [-0.15, -0.1) is 0 Å². The third-order valence-electron chi connectivity index (χ3n) is 7.21. The van der Waals surface area contributed by atoms with Gasteiger partial charge in [0.05, 0.1) is 12.6 Å². The Labute approximate surface area is 227 Å². The maximum absolute atomic E-state index is 14.0. The normalized spacial score (nSPS) is 19.7. The SMILES string of the molecule is O=C(NCc1ccc(F)cc1F)c1cn2c(c(O)c1=O)C(=O)N1[C@@H](C2)O[C@@H](c2ccccc2)[C@@H]1c1ccccc1. The lowest BCUT2D eigenvalue weighted by Gasteiger charge is -2.35. The van der Waals surface area contributed by atoms with E-state index in [9.17, 15) is 28.3 Å². The molecule has 1 fully saturated rings. The highest BCUT2D eigenvalue weighted by Gasteiger charge is 2.50. The van der Waals surface area contributed by atoms with Crippen LogP contribution in [-0.2, 0) is 17.8 Å². The molecule has 10 heteroatoms. The average molecular weight is 544 g/mol. The van der Waals surface area contributed by atoms with Gasteiger partial charge in [-0.2, -0.15) is 0 Å². The third kappa shape index (κ3) is 4.32. The van der Waals surface area contributed by atoms with Crippen LogP contribution in [0.25, 0.3) is 0 Å². The number of carbonyl (C=O) groups is 2. The summed E-state index contributed by atoms with van der Waals surface area (Å²) in [7, 11) is 0. The van der Waals surface area contributed by atoms with Crippen molar-refractivity contribution in [2.45, 2.75) is 31.5 Å². The molecule has 0 unspecified atom stereocenters. The van der Waals surface area contributed by atoms with E-state index in [1.165, 1.54) is 21.7 Å². The minimum atomic E-state index is -1.04. The van der Waals surface area contributed by atoms with E-state index in [0.717, 1.165) is 17.2 Å². The molecule has 3 heterocycles. The number of halogens is 2. The van der Waals surface area contributed by atoms with E-state index >= 15 is 0 Å². The summed E-state index contributed by atoms with van der Waals surface area (Å²) in [5.41, 5.74) is -0.0176. The summed E-state index contributed by atoms with van der Waals surface area (Å²) in [4.78, 5) is 41.3. The number of nitrogens with one attached hydrogen (secondary N) is 1. The minimum absolute atomic E-state index is 0.0149. The van der Waals surface area contributed by atoms with E-state index in [-0.39, 0.29) is 24.3 Å². The Kier molecular flexibility index (Phi) is 6.39. The highest BCUT2D eigenvalue weighted by atomic mass is 19.1. The second kappa shape index (κ2) is 10.0. The van der Waals surface area contributed by atoms with Gasteiger partial charge in [-0.3, -0.25) is 19.3 Å². The smallest absolute Gasteiger partial charge is 0.277 e. The van der Waals surface area contributed by atoms with Gasteiger partial charge in [0.15, 0.2) is 17.7 Å². The van der Waals surface area contributed by atoms with E-state index < -0.39 is 58.6 Å². The van der Waals surface area contributed by atoms with Crippen LogP contribution in [-0.4, -0.2) is 32.6 Å². The van der Waals surface area contributed by atoms with Gasteiger partial charge >= 0.3 is 0 Å². The molecule has 8 nitrogen and oxygen atoms in total. The summed E-state index contributed by atoms with van der Waals surface area (Å²) in [6.45, 7) is -0.267. The van der Waals surface area contributed by atoms with Crippen LogP contribution >= 0.6 is 0 Å². The molecule has 6 rings (SSSR count). The third-order valence-corrected chi connectivity index (χ3v) is 7.21. The van der Waals surface area contributed by atoms with E-state index in [4.69, 9.17) is 4.74 Å². The lowest BCUT2D eigenvalue weighted by Crippen LogP contribution is -2.47. The van der Waals surface area contributed by atoms with Gasteiger partial charge in [-0.05, 0) is 17.2 Å². The van der Waals surface area contributed by atoms with Crippen molar-refractivity contribution in [1.29, 1.82) is 0 Å². The number of carbonyl (C=O) groups excluding carboxylic acids is 2. The molecule has 3 atom stereocenters. The molecular weight excluding hydrogens is 520 g/mol. The fourth-order valence-electron chi connectivity index (χ4n) is 5.32. The maximum Gasteiger partial charge on any atom is 0.277 e. The fraction of sp³-hybridized carbons (Fsp3) is 0.167. The molecule has 4 aromatic rings. The predicted octanol–water partition coefficient (Wildman–Crippen LogP) is 4.06.